The van der Waals surface area contributed by atoms with E-state index in [-0.39, 0.29) is 11.5 Å². The van der Waals surface area contributed by atoms with Crippen molar-refractivity contribution in [2.24, 2.45) is 5.41 Å². The Morgan fingerprint density at radius 1 is 1.31 bits per heavy atom. The molecule has 1 saturated heterocycles. The lowest BCUT2D eigenvalue weighted by Crippen LogP contribution is -2.34. The topological polar surface area (TPSA) is 55.4 Å². The van der Waals surface area contributed by atoms with E-state index < -0.39 is 10.1 Å². The summed E-state index contributed by atoms with van der Waals surface area (Å²) in [6.45, 7) is 1.27. The summed E-state index contributed by atoms with van der Waals surface area (Å²) in [7, 11) is -3.42. The van der Waals surface area contributed by atoms with Gasteiger partial charge in [-0.3, -0.25) is 4.18 Å². The molecule has 1 spiro atoms. The third-order valence-electron chi connectivity index (χ3n) is 4.05. The Hall–Kier alpha value is -0.390. The molecule has 0 aromatic rings. The van der Waals surface area contributed by atoms with E-state index in [2.05, 4.69) is 5.32 Å². The fourth-order valence-electron chi connectivity index (χ4n) is 2.92. The second-order valence-corrected chi connectivity index (χ2v) is 6.78. The van der Waals surface area contributed by atoms with Gasteiger partial charge in [0.25, 0.3) is 10.1 Å². The molecule has 1 saturated carbocycles. The molecule has 90 valence electrons. The van der Waals surface area contributed by atoms with Crippen molar-refractivity contribution in [3.8, 4) is 0 Å². The van der Waals surface area contributed by atoms with Crippen LogP contribution in [0.4, 0.5) is 0 Å². The molecule has 3 rings (SSSR count). The van der Waals surface area contributed by atoms with Gasteiger partial charge in [-0.25, -0.2) is 0 Å². The molecule has 0 bridgehead atoms. The minimum Gasteiger partial charge on any atom is -0.306 e. The van der Waals surface area contributed by atoms with E-state index in [4.69, 9.17) is 4.18 Å². The summed E-state index contributed by atoms with van der Waals surface area (Å²) in [6.07, 6.45) is 7.53. The Labute approximate surface area is 96.2 Å². The van der Waals surface area contributed by atoms with Gasteiger partial charge in [0.05, 0.1) is 17.6 Å². The summed E-state index contributed by atoms with van der Waals surface area (Å²) >= 11 is 0. The molecule has 2 aliphatic carbocycles. The van der Waals surface area contributed by atoms with Crippen molar-refractivity contribution in [3.05, 3.63) is 11.0 Å². The number of nitrogens with one attached hydrogen (secondary N) is 1. The van der Waals surface area contributed by atoms with Crippen molar-refractivity contribution < 1.29 is 12.6 Å². The lowest BCUT2D eigenvalue weighted by Gasteiger charge is -2.28. The second kappa shape index (κ2) is 3.55. The minimum absolute atomic E-state index is 0.0550. The Morgan fingerprint density at radius 2 is 2.06 bits per heavy atom. The predicted molar refractivity (Wildman–Crippen MR) is 60.3 cm³/mol. The lowest BCUT2D eigenvalue weighted by atomic mass is 9.83. The van der Waals surface area contributed by atoms with Crippen LogP contribution in [0, 0.1) is 5.41 Å². The summed E-state index contributed by atoms with van der Waals surface area (Å²) in [5.41, 5.74) is 0.279. The van der Waals surface area contributed by atoms with E-state index in [1.54, 1.807) is 6.08 Å². The molecule has 0 amide bonds. The molecule has 1 heterocycles. The monoisotopic (exact) mass is 243 g/mol. The molecule has 3 aliphatic rings. The molecule has 0 aromatic heterocycles. The molecule has 0 aromatic carbocycles. The molecule has 0 radical (unpaired) electrons. The summed E-state index contributed by atoms with van der Waals surface area (Å²) in [6, 6.07) is -0.0550. The summed E-state index contributed by atoms with van der Waals surface area (Å²) in [4.78, 5) is 0.433. The van der Waals surface area contributed by atoms with Gasteiger partial charge >= 0.3 is 0 Å². The fourth-order valence-corrected chi connectivity index (χ4v) is 4.05. The zero-order chi connectivity index (χ0) is 11.2. The minimum atomic E-state index is -3.42. The maximum absolute atomic E-state index is 11.6. The molecule has 1 unspecified atom stereocenters. The van der Waals surface area contributed by atoms with Crippen molar-refractivity contribution in [3.63, 3.8) is 0 Å². The molecule has 4 nitrogen and oxygen atoms in total. The first kappa shape index (κ1) is 10.7. The number of hydrogen-bond acceptors (Lipinski definition) is 4. The lowest BCUT2D eigenvalue weighted by molar-refractivity contribution is 0.201. The third kappa shape index (κ3) is 1.81. The summed E-state index contributed by atoms with van der Waals surface area (Å²) in [5, 5.41) is 3.34. The van der Waals surface area contributed by atoms with Crippen LogP contribution in [0.1, 0.15) is 32.1 Å². The van der Waals surface area contributed by atoms with Crippen LogP contribution in [0.3, 0.4) is 0 Å². The van der Waals surface area contributed by atoms with Crippen LogP contribution in [-0.4, -0.2) is 27.6 Å². The summed E-state index contributed by atoms with van der Waals surface area (Å²) < 4.78 is 28.3. The molecular formula is C11H17NO3S. The zero-order valence-electron chi connectivity index (χ0n) is 9.24. The standard InChI is InChI=1S/C11H17NO3S/c13-16(14)10-7-9(10)12-8-11(5-6-15-16)3-1-2-4-11/h7,9,12H,1-6,8H2. The van der Waals surface area contributed by atoms with E-state index in [0.29, 0.717) is 11.5 Å². The van der Waals surface area contributed by atoms with E-state index >= 15 is 0 Å². The average Bonchev–Trinajstić information content (AvgIpc) is 2.89. The highest BCUT2D eigenvalue weighted by Crippen LogP contribution is 2.42. The average molecular weight is 243 g/mol. The molecule has 5 heteroatoms. The smallest absolute Gasteiger partial charge is 0.294 e. The third-order valence-corrected chi connectivity index (χ3v) is 5.49. The van der Waals surface area contributed by atoms with Gasteiger partial charge in [0.15, 0.2) is 0 Å². The van der Waals surface area contributed by atoms with Crippen LogP contribution in [0.2, 0.25) is 0 Å². The first-order chi connectivity index (χ1) is 7.61. The van der Waals surface area contributed by atoms with Gasteiger partial charge in [-0.05, 0) is 30.8 Å². The molecular weight excluding hydrogens is 226 g/mol. The highest BCUT2D eigenvalue weighted by molar-refractivity contribution is 7.91. The van der Waals surface area contributed by atoms with Crippen LogP contribution >= 0.6 is 0 Å². The van der Waals surface area contributed by atoms with Crippen molar-refractivity contribution >= 4 is 10.1 Å². The molecule has 1 N–H and O–H groups in total. The van der Waals surface area contributed by atoms with E-state index in [1.807, 2.05) is 0 Å². The Morgan fingerprint density at radius 3 is 2.81 bits per heavy atom. The zero-order valence-corrected chi connectivity index (χ0v) is 10.1. The number of fused-ring (bicyclic) bond motifs is 1. The number of rotatable bonds is 0. The van der Waals surface area contributed by atoms with Crippen LogP contribution < -0.4 is 5.32 Å². The van der Waals surface area contributed by atoms with E-state index in [9.17, 15) is 8.42 Å². The van der Waals surface area contributed by atoms with Gasteiger partial charge in [0.2, 0.25) is 0 Å². The highest BCUT2D eigenvalue weighted by Gasteiger charge is 2.42. The van der Waals surface area contributed by atoms with Gasteiger partial charge in [0, 0.05) is 6.54 Å². The largest absolute Gasteiger partial charge is 0.306 e. The molecule has 1 aliphatic heterocycles. The first-order valence-corrected chi connectivity index (χ1v) is 7.37. The van der Waals surface area contributed by atoms with Gasteiger partial charge in [-0.1, -0.05) is 12.8 Å². The molecule has 1 atom stereocenters. The molecule has 16 heavy (non-hydrogen) atoms. The van der Waals surface area contributed by atoms with Gasteiger partial charge in [0.1, 0.15) is 0 Å². The number of hydrogen-bond donors (Lipinski definition) is 1. The van der Waals surface area contributed by atoms with Gasteiger partial charge in [-0.2, -0.15) is 8.42 Å². The Bertz CT molecular complexity index is 421. The SMILES string of the molecule is O=S1(=O)OCCC2(CCCC2)CNC2C=C21. The van der Waals surface area contributed by atoms with Gasteiger partial charge < -0.3 is 5.32 Å². The van der Waals surface area contributed by atoms with Gasteiger partial charge in [-0.15, -0.1) is 0 Å². The van der Waals surface area contributed by atoms with Crippen molar-refractivity contribution in [2.75, 3.05) is 13.2 Å². The normalized spacial score (nSPS) is 35.8. The van der Waals surface area contributed by atoms with Crippen LogP contribution in [-0.2, 0) is 14.3 Å². The maximum Gasteiger partial charge on any atom is 0.294 e. The van der Waals surface area contributed by atoms with Crippen LogP contribution in [0.25, 0.3) is 0 Å². The fraction of sp³-hybridized carbons (Fsp3) is 0.818. The predicted octanol–water partition coefficient (Wildman–Crippen LogP) is 1.15. The van der Waals surface area contributed by atoms with Crippen molar-refractivity contribution in [2.45, 2.75) is 38.1 Å². The Kier molecular flexibility index (Phi) is 2.38. The van der Waals surface area contributed by atoms with E-state index in [1.165, 1.54) is 25.7 Å². The second-order valence-electron chi connectivity index (χ2n) is 5.16. The van der Waals surface area contributed by atoms with Crippen molar-refractivity contribution in [1.29, 1.82) is 0 Å². The summed E-state index contributed by atoms with van der Waals surface area (Å²) in [5.74, 6) is 0. The van der Waals surface area contributed by atoms with Crippen LogP contribution in [0.15, 0.2) is 11.0 Å². The Balaban J connectivity index is 1.77. The first-order valence-electron chi connectivity index (χ1n) is 5.96. The molecule has 2 fully saturated rings. The quantitative estimate of drug-likeness (QED) is 0.648. The highest BCUT2D eigenvalue weighted by atomic mass is 32.2. The van der Waals surface area contributed by atoms with E-state index in [0.717, 1.165) is 13.0 Å². The maximum atomic E-state index is 11.6. The van der Waals surface area contributed by atoms with Crippen molar-refractivity contribution in [1.82, 2.24) is 5.32 Å². The van der Waals surface area contributed by atoms with Crippen LogP contribution in [0.5, 0.6) is 0 Å².